The first-order chi connectivity index (χ1) is 13.1. The number of fused-ring (bicyclic) bond motifs is 1. The maximum Gasteiger partial charge on any atom is 0.263 e. The van der Waals surface area contributed by atoms with E-state index in [0.29, 0.717) is 33.1 Å². The Morgan fingerprint density at radius 3 is 3.00 bits per heavy atom. The highest BCUT2D eigenvalue weighted by atomic mass is 32.1. The molecule has 4 nitrogen and oxygen atoms in total. The molecule has 2 aromatic rings. The Hall–Kier alpha value is -1.79. The summed E-state index contributed by atoms with van der Waals surface area (Å²) >= 11 is 1.34. The molecule has 2 atom stereocenters. The van der Waals surface area contributed by atoms with Crippen molar-refractivity contribution in [2.75, 3.05) is 19.6 Å². The molecule has 2 aliphatic rings. The second-order valence-corrected chi connectivity index (χ2v) is 8.65. The maximum atomic E-state index is 13.5. The van der Waals surface area contributed by atoms with Gasteiger partial charge in [0.15, 0.2) is 0 Å². The van der Waals surface area contributed by atoms with Crippen molar-refractivity contribution >= 4 is 17.2 Å². The minimum Gasteiger partial charge on any atom is -0.351 e. The van der Waals surface area contributed by atoms with Crippen molar-refractivity contribution in [3.05, 3.63) is 40.7 Å². The van der Waals surface area contributed by atoms with Gasteiger partial charge in [-0.25, -0.2) is 9.37 Å². The Morgan fingerprint density at radius 1 is 1.30 bits per heavy atom. The monoisotopic (exact) mass is 387 g/mol. The van der Waals surface area contributed by atoms with E-state index in [1.165, 1.54) is 68.7 Å². The molecule has 0 radical (unpaired) electrons. The van der Waals surface area contributed by atoms with E-state index in [0.717, 1.165) is 6.54 Å². The van der Waals surface area contributed by atoms with Crippen molar-refractivity contribution in [1.29, 1.82) is 0 Å². The molecule has 0 saturated carbocycles. The SMILES string of the molecule is Cc1nc(-c2cccc(F)c2)sc1C(=O)NC[C@H]1CCCN2CCCC[C@@H]12. The second-order valence-electron chi connectivity index (χ2n) is 7.66. The average Bonchev–Trinajstić information content (AvgIpc) is 3.08. The van der Waals surface area contributed by atoms with Gasteiger partial charge in [-0.15, -0.1) is 11.3 Å². The third-order valence-corrected chi connectivity index (χ3v) is 7.03. The van der Waals surface area contributed by atoms with Gasteiger partial charge in [0.2, 0.25) is 0 Å². The summed E-state index contributed by atoms with van der Waals surface area (Å²) in [6.07, 6.45) is 6.27. The Balaban J connectivity index is 1.42. The van der Waals surface area contributed by atoms with Gasteiger partial charge in [0.25, 0.3) is 5.91 Å². The van der Waals surface area contributed by atoms with Gasteiger partial charge >= 0.3 is 0 Å². The number of rotatable bonds is 4. The van der Waals surface area contributed by atoms with Crippen LogP contribution in [0.25, 0.3) is 10.6 Å². The van der Waals surface area contributed by atoms with Crippen LogP contribution < -0.4 is 5.32 Å². The molecule has 1 amide bonds. The lowest BCUT2D eigenvalue weighted by atomic mass is 9.83. The van der Waals surface area contributed by atoms with Gasteiger partial charge in [0.05, 0.1) is 5.69 Å². The molecule has 6 heteroatoms. The fourth-order valence-corrected chi connectivity index (χ4v) is 5.45. The first-order valence-corrected chi connectivity index (χ1v) is 10.7. The lowest BCUT2D eigenvalue weighted by Gasteiger charge is -2.44. The lowest BCUT2D eigenvalue weighted by molar-refractivity contribution is 0.0576. The Morgan fingerprint density at radius 2 is 2.15 bits per heavy atom. The molecule has 1 aromatic heterocycles. The summed E-state index contributed by atoms with van der Waals surface area (Å²) in [5, 5.41) is 3.84. The van der Waals surface area contributed by atoms with E-state index in [4.69, 9.17) is 0 Å². The first kappa shape index (κ1) is 18.6. The molecule has 1 aromatic carbocycles. The van der Waals surface area contributed by atoms with E-state index in [9.17, 15) is 9.18 Å². The fraction of sp³-hybridized carbons (Fsp3) is 0.524. The third kappa shape index (κ3) is 4.06. The normalized spacial score (nSPS) is 23.0. The van der Waals surface area contributed by atoms with Crippen molar-refractivity contribution in [2.45, 2.75) is 45.1 Å². The van der Waals surface area contributed by atoms with Crippen LogP contribution in [0.5, 0.6) is 0 Å². The van der Waals surface area contributed by atoms with Crippen LogP contribution in [0.2, 0.25) is 0 Å². The number of nitrogens with zero attached hydrogens (tertiary/aromatic N) is 2. The van der Waals surface area contributed by atoms with Crippen LogP contribution in [0, 0.1) is 18.7 Å². The minimum atomic E-state index is -0.291. The van der Waals surface area contributed by atoms with Crippen molar-refractivity contribution in [1.82, 2.24) is 15.2 Å². The van der Waals surface area contributed by atoms with Gasteiger partial charge in [0, 0.05) is 18.2 Å². The molecular formula is C21H26FN3OS. The number of thiazole rings is 1. The number of benzene rings is 1. The van der Waals surface area contributed by atoms with E-state index >= 15 is 0 Å². The van der Waals surface area contributed by atoms with Crippen LogP contribution in [-0.2, 0) is 0 Å². The highest BCUT2D eigenvalue weighted by Crippen LogP contribution is 2.31. The van der Waals surface area contributed by atoms with Gasteiger partial charge < -0.3 is 10.2 Å². The van der Waals surface area contributed by atoms with Crippen LogP contribution in [0.3, 0.4) is 0 Å². The van der Waals surface area contributed by atoms with Crippen molar-refractivity contribution in [3.8, 4) is 10.6 Å². The third-order valence-electron chi connectivity index (χ3n) is 5.83. The summed E-state index contributed by atoms with van der Waals surface area (Å²) in [7, 11) is 0. The van der Waals surface area contributed by atoms with Crippen LogP contribution >= 0.6 is 11.3 Å². The number of carbonyl (C=O) groups excluding carboxylic acids is 1. The lowest BCUT2D eigenvalue weighted by Crippen LogP contribution is -2.50. The Labute approximate surface area is 163 Å². The Bertz CT molecular complexity index is 820. The summed E-state index contributed by atoms with van der Waals surface area (Å²) in [6, 6.07) is 6.98. The molecule has 0 spiro atoms. The molecule has 27 heavy (non-hydrogen) atoms. The number of piperidine rings is 2. The molecule has 4 rings (SSSR count). The summed E-state index contributed by atoms with van der Waals surface area (Å²) in [5.74, 6) is 0.195. The summed E-state index contributed by atoms with van der Waals surface area (Å²) in [6.45, 7) is 4.99. The average molecular weight is 388 g/mol. The minimum absolute atomic E-state index is 0.0550. The van der Waals surface area contributed by atoms with E-state index in [-0.39, 0.29) is 11.7 Å². The predicted octanol–water partition coefficient (Wildman–Crippen LogP) is 4.25. The largest absolute Gasteiger partial charge is 0.351 e. The molecule has 2 aliphatic heterocycles. The number of aromatic nitrogens is 1. The number of hydrogen-bond acceptors (Lipinski definition) is 4. The number of hydrogen-bond donors (Lipinski definition) is 1. The second kappa shape index (κ2) is 8.07. The van der Waals surface area contributed by atoms with E-state index in [2.05, 4.69) is 15.2 Å². The number of halogens is 1. The van der Waals surface area contributed by atoms with Crippen LogP contribution in [0.4, 0.5) is 4.39 Å². The number of nitrogens with one attached hydrogen (secondary N) is 1. The van der Waals surface area contributed by atoms with Gasteiger partial charge in [-0.1, -0.05) is 18.6 Å². The zero-order valence-electron chi connectivity index (χ0n) is 15.7. The molecule has 2 fully saturated rings. The van der Waals surface area contributed by atoms with Gasteiger partial charge in [-0.2, -0.15) is 0 Å². The number of carbonyl (C=O) groups is 1. The molecule has 0 bridgehead atoms. The molecular weight excluding hydrogens is 361 g/mol. The first-order valence-electron chi connectivity index (χ1n) is 9.87. The number of amides is 1. The number of aryl methyl sites for hydroxylation is 1. The van der Waals surface area contributed by atoms with Crippen molar-refractivity contribution in [2.24, 2.45) is 5.92 Å². The summed E-state index contributed by atoms with van der Waals surface area (Å²) in [4.78, 5) is 20.5. The predicted molar refractivity (Wildman–Crippen MR) is 107 cm³/mol. The van der Waals surface area contributed by atoms with Crippen molar-refractivity contribution in [3.63, 3.8) is 0 Å². The van der Waals surface area contributed by atoms with Gasteiger partial charge in [-0.3, -0.25) is 4.79 Å². The fourth-order valence-electron chi connectivity index (χ4n) is 4.47. The van der Waals surface area contributed by atoms with E-state index in [1.807, 2.05) is 13.0 Å². The molecule has 0 unspecified atom stereocenters. The molecule has 1 N–H and O–H groups in total. The van der Waals surface area contributed by atoms with Crippen LogP contribution in [0.15, 0.2) is 24.3 Å². The summed E-state index contributed by atoms with van der Waals surface area (Å²) < 4.78 is 13.5. The highest BCUT2D eigenvalue weighted by molar-refractivity contribution is 7.17. The molecule has 3 heterocycles. The molecule has 144 valence electrons. The van der Waals surface area contributed by atoms with Crippen LogP contribution in [-0.4, -0.2) is 41.5 Å². The highest BCUT2D eigenvalue weighted by Gasteiger charge is 2.33. The smallest absolute Gasteiger partial charge is 0.263 e. The zero-order chi connectivity index (χ0) is 18.8. The van der Waals surface area contributed by atoms with E-state index in [1.54, 1.807) is 6.07 Å². The van der Waals surface area contributed by atoms with Crippen molar-refractivity contribution < 1.29 is 9.18 Å². The maximum absolute atomic E-state index is 13.5. The van der Waals surface area contributed by atoms with Crippen LogP contribution in [0.1, 0.15) is 47.5 Å². The summed E-state index contributed by atoms with van der Waals surface area (Å²) in [5.41, 5.74) is 1.42. The topological polar surface area (TPSA) is 45.2 Å². The zero-order valence-corrected chi connectivity index (χ0v) is 16.5. The standard InChI is InChI=1S/C21H26FN3OS/c1-14-19(27-21(24-14)15-6-4-8-17(22)12-15)20(26)23-13-16-7-5-11-25-10-3-2-9-18(16)25/h4,6,8,12,16,18H,2-3,5,7,9-11,13H2,1H3,(H,23,26)/t16-,18+/m1/s1. The quantitative estimate of drug-likeness (QED) is 0.853. The van der Waals surface area contributed by atoms with Gasteiger partial charge in [-0.05, 0) is 63.7 Å². The molecule has 0 aliphatic carbocycles. The van der Waals surface area contributed by atoms with Gasteiger partial charge in [0.1, 0.15) is 15.7 Å². The molecule has 2 saturated heterocycles. The van der Waals surface area contributed by atoms with E-state index < -0.39 is 0 Å². The Kier molecular flexibility index (Phi) is 5.55.